The van der Waals surface area contributed by atoms with Crippen molar-refractivity contribution in [2.75, 3.05) is 32.9 Å². The van der Waals surface area contributed by atoms with Crippen molar-refractivity contribution >= 4 is 9.84 Å². The number of sulfone groups is 1. The Kier molecular flexibility index (Phi) is 5.56. The fourth-order valence-electron chi connectivity index (χ4n) is 4.56. The van der Waals surface area contributed by atoms with Gasteiger partial charge in [0.25, 0.3) is 0 Å². The summed E-state index contributed by atoms with van der Waals surface area (Å²) in [5, 5.41) is 9.98. The van der Waals surface area contributed by atoms with E-state index in [9.17, 15) is 13.5 Å². The summed E-state index contributed by atoms with van der Waals surface area (Å²) >= 11 is 0. The van der Waals surface area contributed by atoms with Gasteiger partial charge in [0, 0.05) is 31.7 Å². The largest absolute Gasteiger partial charge is 0.396 e. The Morgan fingerprint density at radius 3 is 2.50 bits per heavy atom. The second kappa shape index (κ2) is 7.95. The molecule has 2 aliphatic rings. The van der Waals surface area contributed by atoms with Gasteiger partial charge < -0.3 is 9.84 Å². The Morgan fingerprint density at radius 2 is 1.79 bits per heavy atom. The van der Waals surface area contributed by atoms with Crippen LogP contribution in [0, 0.1) is 11.3 Å². The number of aliphatic hydroxyl groups is 1. The molecule has 4 rings (SSSR count). The van der Waals surface area contributed by atoms with Crippen molar-refractivity contribution in [2.24, 2.45) is 11.3 Å². The van der Waals surface area contributed by atoms with Crippen LogP contribution in [-0.2, 0) is 26.9 Å². The van der Waals surface area contributed by atoms with Crippen LogP contribution in [0.25, 0.3) is 0 Å². The highest BCUT2D eigenvalue weighted by molar-refractivity contribution is 7.90. The second-order valence-corrected chi connectivity index (χ2v) is 10.1. The van der Waals surface area contributed by atoms with Gasteiger partial charge in [0.15, 0.2) is 9.84 Å². The van der Waals surface area contributed by atoms with E-state index in [1.54, 1.807) is 24.3 Å². The third-order valence-electron chi connectivity index (χ3n) is 6.16. The minimum Gasteiger partial charge on any atom is -0.396 e. The van der Waals surface area contributed by atoms with Gasteiger partial charge in [-0.05, 0) is 35.6 Å². The molecule has 0 bridgehead atoms. The number of rotatable bonds is 6. The van der Waals surface area contributed by atoms with Crippen LogP contribution < -0.4 is 0 Å². The van der Waals surface area contributed by atoms with Crippen LogP contribution in [0.4, 0.5) is 0 Å². The number of hydrogen-bond acceptors (Lipinski definition) is 5. The van der Waals surface area contributed by atoms with Crippen molar-refractivity contribution in [1.29, 1.82) is 0 Å². The van der Waals surface area contributed by atoms with Gasteiger partial charge in [0.2, 0.25) is 0 Å². The first-order valence-electron chi connectivity index (χ1n) is 9.78. The van der Waals surface area contributed by atoms with Crippen LogP contribution in [0.5, 0.6) is 0 Å². The van der Waals surface area contributed by atoms with E-state index < -0.39 is 9.84 Å². The average Bonchev–Trinajstić information content (AvgIpc) is 3.08. The molecule has 28 heavy (non-hydrogen) atoms. The van der Waals surface area contributed by atoms with Gasteiger partial charge >= 0.3 is 0 Å². The summed E-state index contributed by atoms with van der Waals surface area (Å²) in [5.74, 6) is 0.435. The lowest BCUT2D eigenvalue weighted by Gasteiger charge is -2.36. The summed E-state index contributed by atoms with van der Waals surface area (Å²) in [7, 11) is -3.39. The van der Waals surface area contributed by atoms with Gasteiger partial charge in [-0.2, -0.15) is 0 Å². The summed E-state index contributed by atoms with van der Waals surface area (Å²) in [6, 6.07) is 16.4. The Morgan fingerprint density at radius 1 is 1.07 bits per heavy atom. The third-order valence-corrected chi connectivity index (χ3v) is 7.84. The molecule has 0 unspecified atom stereocenters. The molecule has 1 N–H and O–H groups in total. The summed E-state index contributed by atoms with van der Waals surface area (Å²) in [6.45, 7) is 3.90. The maximum absolute atomic E-state index is 12.8. The molecule has 2 aromatic carbocycles. The molecule has 2 atom stereocenters. The standard InChI is InChI=1S/C22H27NO4S/c24-16-22-15-23(13-20(22)10-11-27-17-22)12-18-6-4-5-7-19(18)14-28(25,26)21-8-2-1-3-9-21/h1-9,20,24H,10-17H2/t20-,22+/m0/s1. The zero-order valence-electron chi connectivity index (χ0n) is 16.0. The lowest BCUT2D eigenvalue weighted by molar-refractivity contribution is -0.0561. The molecule has 0 radical (unpaired) electrons. The molecule has 2 aliphatic heterocycles. The first-order valence-corrected chi connectivity index (χ1v) is 11.4. The van der Waals surface area contributed by atoms with E-state index >= 15 is 0 Å². The molecule has 2 aromatic rings. The smallest absolute Gasteiger partial charge is 0.182 e. The second-order valence-electron chi connectivity index (χ2n) is 8.07. The number of ether oxygens (including phenoxy) is 1. The number of hydrogen-bond donors (Lipinski definition) is 1. The van der Waals surface area contributed by atoms with Crippen LogP contribution in [0.15, 0.2) is 59.5 Å². The van der Waals surface area contributed by atoms with Crippen LogP contribution in [-0.4, -0.2) is 51.3 Å². The molecule has 2 saturated heterocycles. The van der Waals surface area contributed by atoms with Gasteiger partial charge in [-0.3, -0.25) is 4.90 Å². The third kappa shape index (κ3) is 3.87. The van der Waals surface area contributed by atoms with E-state index in [2.05, 4.69) is 4.90 Å². The number of benzene rings is 2. The lowest BCUT2D eigenvalue weighted by atomic mass is 9.76. The zero-order valence-corrected chi connectivity index (χ0v) is 16.8. The molecule has 2 fully saturated rings. The van der Waals surface area contributed by atoms with Crippen molar-refractivity contribution in [1.82, 2.24) is 4.90 Å². The molecule has 0 aromatic heterocycles. The highest BCUT2D eigenvalue weighted by atomic mass is 32.2. The molecular weight excluding hydrogens is 374 g/mol. The van der Waals surface area contributed by atoms with E-state index in [0.717, 1.165) is 37.2 Å². The van der Waals surface area contributed by atoms with Crippen molar-refractivity contribution < 1.29 is 18.3 Å². The zero-order chi connectivity index (χ0) is 19.6. The maximum Gasteiger partial charge on any atom is 0.182 e. The van der Waals surface area contributed by atoms with E-state index in [4.69, 9.17) is 4.74 Å². The van der Waals surface area contributed by atoms with E-state index in [1.165, 1.54) is 0 Å². The summed E-state index contributed by atoms with van der Waals surface area (Å²) < 4.78 is 31.3. The minimum absolute atomic E-state index is 0.00128. The minimum atomic E-state index is -3.39. The predicted octanol–water partition coefficient (Wildman–Crippen LogP) is 2.49. The predicted molar refractivity (Wildman–Crippen MR) is 107 cm³/mol. The van der Waals surface area contributed by atoms with Crippen molar-refractivity contribution in [2.45, 2.75) is 23.6 Å². The fourth-order valence-corrected chi connectivity index (χ4v) is 5.99. The number of fused-ring (bicyclic) bond motifs is 1. The molecular formula is C22H27NO4S. The first-order chi connectivity index (χ1) is 13.5. The Labute approximate surface area is 166 Å². The number of likely N-dealkylation sites (tertiary alicyclic amines) is 1. The summed E-state index contributed by atoms with van der Waals surface area (Å²) in [4.78, 5) is 2.69. The van der Waals surface area contributed by atoms with Gasteiger partial charge in [0.05, 0.1) is 23.9 Å². The molecule has 0 spiro atoms. The average molecular weight is 402 g/mol. The lowest BCUT2D eigenvalue weighted by Crippen LogP contribution is -2.42. The quantitative estimate of drug-likeness (QED) is 0.806. The Balaban J connectivity index is 1.53. The SMILES string of the molecule is O=S(=O)(Cc1ccccc1CN1C[C@@H]2CCOC[C@]2(CO)C1)c1ccccc1. The van der Waals surface area contributed by atoms with Gasteiger partial charge in [-0.1, -0.05) is 42.5 Å². The number of aliphatic hydroxyl groups excluding tert-OH is 1. The van der Waals surface area contributed by atoms with Gasteiger partial charge in [-0.25, -0.2) is 8.42 Å². The van der Waals surface area contributed by atoms with Crippen LogP contribution >= 0.6 is 0 Å². The molecule has 0 saturated carbocycles. The molecule has 6 heteroatoms. The van der Waals surface area contributed by atoms with E-state index in [-0.39, 0.29) is 17.8 Å². The topological polar surface area (TPSA) is 66.8 Å². The summed E-state index contributed by atoms with van der Waals surface area (Å²) in [6.07, 6.45) is 0.973. The monoisotopic (exact) mass is 401 g/mol. The van der Waals surface area contributed by atoms with E-state index in [0.29, 0.717) is 24.0 Å². The fraction of sp³-hybridized carbons (Fsp3) is 0.455. The maximum atomic E-state index is 12.8. The highest BCUT2D eigenvalue weighted by Gasteiger charge is 2.48. The van der Waals surface area contributed by atoms with Crippen LogP contribution in [0.2, 0.25) is 0 Å². The highest BCUT2D eigenvalue weighted by Crippen LogP contribution is 2.41. The van der Waals surface area contributed by atoms with E-state index in [1.807, 2.05) is 30.3 Å². The molecule has 150 valence electrons. The first kappa shape index (κ1) is 19.6. The van der Waals surface area contributed by atoms with Gasteiger partial charge in [0.1, 0.15) is 0 Å². The van der Waals surface area contributed by atoms with Crippen molar-refractivity contribution in [3.05, 3.63) is 65.7 Å². The van der Waals surface area contributed by atoms with Gasteiger partial charge in [-0.15, -0.1) is 0 Å². The Hall–Kier alpha value is -1.73. The van der Waals surface area contributed by atoms with Crippen LogP contribution in [0.3, 0.4) is 0 Å². The molecule has 0 amide bonds. The molecule has 2 heterocycles. The molecule has 0 aliphatic carbocycles. The normalized spacial score (nSPS) is 25.5. The number of nitrogens with zero attached hydrogens (tertiary/aromatic N) is 1. The van der Waals surface area contributed by atoms with Crippen molar-refractivity contribution in [3.8, 4) is 0 Å². The van der Waals surface area contributed by atoms with Crippen molar-refractivity contribution in [3.63, 3.8) is 0 Å². The Bertz CT molecular complexity index is 915. The van der Waals surface area contributed by atoms with Crippen LogP contribution in [0.1, 0.15) is 17.5 Å². The molecule has 5 nitrogen and oxygen atoms in total. The summed E-state index contributed by atoms with van der Waals surface area (Å²) in [5.41, 5.74) is 1.70.